The van der Waals surface area contributed by atoms with Crippen molar-refractivity contribution in [2.75, 3.05) is 18.0 Å². The second-order valence-electron chi connectivity index (χ2n) is 7.88. The van der Waals surface area contributed by atoms with E-state index in [4.69, 9.17) is 4.98 Å². The van der Waals surface area contributed by atoms with Gasteiger partial charge in [0, 0.05) is 43.9 Å². The largest absolute Gasteiger partial charge is 0.341 e. The molecule has 7 heteroatoms. The topological polar surface area (TPSA) is 81.0 Å². The maximum atomic E-state index is 13.1. The van der Waals surface area contributed by atoms with Gasteiger partial charge in [0.15, 0.2) is 5.78 Å². The zero-order chi connectivity index (χ0) is 21.3. The van der Waals surface area contributed by atoms with Crippen LogP contribution >= 0.6 is 0 Å². The molecule has 3 heterocycles. The van der Waals surface area contributed by atoms with E-state index in [-0.39, 0.29) is 17.3 Å². The molecular weight excluding hydrogens is 378 g/mol. The fraction of sp³-hybridized carbons (Fsp3) is 0.348. The normalized spacial score (nSPS) is 16.5. The maximum Gasteiger partial charge on any atom is 0.255 e. The highest BCUT2D eigenvalue weighted by atomic mass is 16.1. The van der Waals surface area contributed by atoms with E-state index in [2.05, 4.69) is 9.97 Å². The van der Waals surface area contributed by atoms with Crippen LogP contribution in [-0.4, -0.2) is 38.4 Å². The van der Waals surface area contributed by atoms with Crippen LogP contribution in [-0.2, 0) is 7.05 Å². The third-order valence-corrected chi connectivity index (χ3v) is 5.82. The van der Waals surface area contributed by atoms with Gasteiger partial charge in [0.2, 0.25) is 5.95 Å². The van der Waals surface area contributed by atoms with Gasteiger partial charge in [-0.2, -0.15) is 0 Å². The highest BCUT2D eigenvalue weighted by Crippen LogP contribution is 2.26. The number of rotatable bonds is 4. The average Bonchev–Trinajstić information content (AvgIpc) is 2.77. The number of carbonyl (C=O) groups excluding carboxylic acids is 1. The SMILES string of the molecule is Cc1ccc(C(=O)C2CCCN(c3nc(-c4ccncn4)cc(=O)n3C)C2)cc1C. The predicted molar refractivity (Wildman–Crippen MR) is 116 cm³/mol. The number of Topliss-reactive ketones (excluding diaryl/α,β-unsaturated/α-hetero) is 1. The summed E-state index contributed by atoms with van der Waals surface area (Å²) in [6.45, 7) is 5.36. The minimum atomic E-state index is -0.156. The fourth-order valence-electron chi connectivity index (χ4n) is 3.89. The Hall–Kier alpha value is -3.35. The lowest BCUT2D eigenvalue weighted by Gasteiger charge is -2.33. The molecule has 1 aromatic carbocycles. The lowest BCUT2D eigenvalue weighted by Crippen LogP contribution is -2.42. The van der Waals surface area contributed by atoms with Crippen LogP contribution < -0.4 is 10.5 Å². The summed E-state index contributed by atoms with van der Waals surface area (Å²) in [5.41, 5.74) is 4.01. The second kappa shape index (κ2) is 8.18. The molecule has 1 saturated heterocycles. The number of ketones is 1. The van der Waals surface area contributed by atoms with Gasteiger partial charge in [-0.15, -0.1) is 0 Å². The first-order chi connectivity index (χ1) is 14.4. The lowest BCUT2D eigenvalue weighted by atomic mass is 9.89. The van der Waals surface area contributed by atoms with Crippen molar-refractivity contribution in [3.05, 3.63) is 69.9 Å². The van der Waals surface area contributed by atoms with Gasteiger partial charge in [0.05, 0.1) is 11.4 Å². The molecule has 0 N–H and O–H groups in total. The van der Waals surface area contributed by atoms with E-state index in [9.17, 15) is 9.59 Å². The third kappa shape index (κ3) is 3.87. The van der Waals surface area contributed by atoms with Crippen LogP contribution in [0.2, 0.25) is 0 Å². The summed E-state index contributed by atoms with van der Waals surface area (Å²) in [5.74, 6) is 0.592. The van der Waals surface area contributed by atoms with Crippen molar-refractivity contribution in [3.8, 4) is 11.4 Å². The first kappa shape index (κ1) is 19.9. The van der Waals surface area contributed by atoms with E-state index < -0.39 is 0 Å². The molecule has 0 aliphatic carbocycles. The Labute approximate surface area is 175 Å². The fourth-order valence-corrected chi connectivity index (χ4v) is 3.89. The first-order valence-corrected chi connectivity index (χ1v) is 10.1. The number of aromatic nitrogens is 4. The van der Waals surface area contributed by atoms with Crippen LogP contribution in [0.5, 0.6) is 0 Å². The molecule has 0 bridgehead atoms. The molecule has 154 valence electrons. The number of anilines is 1. The van der Waals surface area contributed by atoms with Crippen LogP contribution in [0, 0.1) is 19.8 Å². The Balaban J connectivity index is 1.63. The molecule has 2 aromatic heterocycles. The van der Waals surface area contributed by atoms with Gasteiger partial charge in [0.25, 0.3) is 5.56 Å². The van der Waals surface area contributed by atoms with Gasteiger partial charge in [-0.25, -0.2) is 15.0 Å². The Morgan fingerprint density at radius 1 is 1.10 bits per heavy atom. The van der Waals surface area contributed by atoms with Crippen LogP contribution in [0.1, 0.15) is 34.3 Å². The van der Waals surface area contributed by atoms with Crippen LogP contribution in [0.4, 0.5) is 5.95 Å². The quantitative estimate of drug-likeness (QED) is 0.623. The van der Waals surface area contributed by atoms with Crippen molar-refractivity contribution in [2.24, 2.45) is 13.0 Å². The second-order valence-corrected chi connectivity index (χ2v) is 7.88. The van der Waals surface area contributed by atoms with Crippen molar-refractivity contribution in [1.82, 2.24) is 19.5 Å². The number of benzene rings is 1. The highest BCUT2D eigenvalue weighted by molar-refractivity contribution is 5.98. The zero-order valence-corrected chi connectivity index (χ0v) is 17.5. The summed E-state index contributed by atoms with van der Waals surface area (Å²) in [6.07, 6.45) is 4.77. The summed E-state index contributed by atoms with van der Waals surface area (Å²) in [6, 6.07) is 9.09. The molecule has 1 atom stereocenters. The van der Waals surface area contributed by atoms with Gasteiger partial charge < -0.3 is 4.90 Å². The number of hydrogen-bond acceptors (Lipinski definition) is 6. The molecule has 1 aliphatic rings. The van der Waals surface area contributed by atoms with E-state index in [0.29, 0.717) is 23.9 Å². The van der Waals surface area contributed by atoms with Crippen molar-refractivity contribution in [1.29, 1.82) is 0 Å². The number of hydrogen-bond donors (Lipinski definition) is 0. The van der Waals surface area contributed by atoms with Gasteiger partial charge in [-0.1, -0.05) is 12.1 Å². The molecule has 30 heavy (non-hydrogen) atoms. The van der Waals surface area contributed by atoms with Crippen molar-refractivity contribution < 1.29 is 4.79 Å². The monoisotopic (exact) mass is 403 g/mol. The predicted octanol–water partition coefficient (Wildman–Crippen LogP) is 2.95. The zero-order valence-electron chi connectivity index (χ0n) is 17.5. The third-order valence-electron chi connectivity index (χ3n) is 5.82. The summed E-state index contributed by atoms with van der Waals surface area (Å²) < 4.78 is 1.54. The Bertz CT molecular complexity index is 1140. The van der Waals surface area contributed by atoms with E-state index >= 15 is 0 Å². The average molecular weight is 403 g/mol. The molecule has 1 aliphatic heterocycles. The van der Waals surface area contributed by atoms with E-state index in [1.54, 1.807) is 19.3 Å². The highest BCUT2D eigenvalue weighted by Gasteiger charge is 2.29. The molecule has 0 radical (unpaired) electrons. The van der Waals surface area contributed by atoms with Gasteiger partial charge in [-0.3, -0.25) is 14.2 Å². The maximum absolute atomic E-state index is 13.1. The number of carbonyl (C=O) groups is 1. The molecule has 7 nitrogen and oxygen atoms in total. The molecule has 1 unspecified atom stereocenters. The minimum absolute atomic E-state index is 0.125. The van der Waals surface area contributed by atoms with Crippen LogP contribution in [0.3, 0.4) is 0 Å². The number of aryl methyl sites for hydroxylation is 2. The number of piperidine rings is 1. The molecule has 1 fully saturated rings. The smallest absolute Gasteiger partial charge is 0.255 e. The molecule has 4 rings (SSSR count). The van der Waals surface area contributed by atoms with Crippen molar-refractivity contribution in [3.63, 3.8) is 0 Å². The molecule has 0 saturated carbocycles. The first-order valence-electron chi connectivity index (χ1n) is 10.1. The summed E-state index contributed by atoms with van der Waals surface area (Å²) in [5, 5.41) is 0. The number of nitrogens with zero attached hydrogens (tertiary/aromatic N) is 5. The van der Waals surface area contributed by atoms with Gasteiger partial charge >= 0.3 is 0 Å². The van der Waals surface area contributed by atoms with Crippen molar-refractivity contribution in [2.45, 2.75) is 26.7 Å². The van der Waals surface area contributed by atoms with E-state index in [1.165, 1.54) is 22.5 Å². The summed E-state index contributed by atoms with van der Waals surface area (Å²) >= 11 is 0. The molecule has 3 aromatic rings. The Morgan fingerprint density at radius 2 is 1.93 bits per heavy atom. The van der Waals surface area contributed by atoms with E-state index in [1.807, 2.05) is 36.9 Å². The minimum Gasteiger partial charge on any atom is -0.341 e. The Kier molecular flexibility index (Phi) is 5.44. The summed E-state index contributed by atoms with van der Waals surface area (Å²) in [7, 11) is 1.71. The standard InChI is InChI=1S/C23H25N5O2/c1-15-6-7-17(11-16(15)2)22(30)18-5-4-10-28(13-18)23-26-20(12-21(29)27(23)3)19-8-9-24-14-25-19/h6-9,11-12,14,18H,4-5,10,13H2,1-3H3. The van der Waals surface area contributed by atoms with Crippen LogP contribution in [0.15, 0.2) is 47.7 Å². The van der Waals surface area contributed by atoms with Gasteiger partial charge in [-0.05, 0) is 49.9 Å². The molecule has 0 amide bonds. The Morgan fingerprint density at radius 3 is 2.67 bits per heavy atom. The molecular formula is C23H25N5O2. The van der Waals surface area contributed by atoms with Crippen LogP contribution in [0.25, 0.3) is 11.4 Å². The molecule has 0 spiro atoms. The van der Waals surface area contributed by atoms with E-state index in [0.717, 1.165) is 30.5 Å². The lowest BCUT2D eigenvalue weighted by molar-refractivity contribution is 0.0906. The summed E-state index contributed by atoms with van der Waals surface area (Å²) in [4.78, 5) is 40.6. The van der Waals surface area contributed by atoms with Crippen molar-refractivity contribution >= 4 is 11.7 Å². The van der Waals surface area contributed by atoms with Gasteiger partial charge in [0.1, 0.15) is 6.33 Å².